The first-order valence-electron chi connectivity index (χ1n) is 6.57. The molecule has 0 amide bonds. The molecule has 8 heteroatoms. The third-order valence-corrected chi connectivity index (χ3v) is 3.71. The minimum atomic E-state index is -1.02. The van der Waals surface area contributed by atoms with Crippen LogP contribution >= 0.6 is 0 Å². The summed E-state index contributed by atoms with van der Waals surface area (Å²) >= 11 is 0. The standard InChI is InChI=1S/C14H17N3O5/c1-8-11(13(18)22-3)12(15-14(19)16(8)2)9-5-4-6-10(7-9)17(20)21/h4-7,12,14-15,19H,1-3H3/t12-,14+/m0/s1. The predicted molar refractivity (Wildman–Crippen MR) is 77.5 cm³/mol. The Hall–Kier alpha value is -2.45. The molecule has 0 fully saturated rings. The van der Waals surface area contributed by atoms with E-state index in [1.807, 2.05) is 0 Å². The molecule has 0 aliphatic carbocycles. The summed E-state index contributed by atoms with van der Waals surface area (Å²) in [5.41, 5.74) is 1.25. The van der Waals surface area contributed by atoms with Crippen LogP contribution in [0.25, 0.3) is 0 Å². The predicted octanol–water partition coefficient (Wildman–Crippen LogP) is 0.894. The Bertz CT molecular complexity index is 643. The number of hydrogen-bond acceptors (Lipinski definition) is 7. The van der Waals surface area contributed by atoms with E-state index in [9.17, 15) is 20.0 Å². The van der Waals surface area contributed by atoms with E-state index < -0.39 is 23.3 Å². The van der Waals surface area contributed by atoms with E-state index in [0.29, 0.717) is 16.8 Å². The second-order valence-electron chi connectivity index (χ2n) is 4.93. The Labute approximate surface area is 127 Å². The van der Waals surface area contributed by atoms with Gasteiger partial charge in [0.2, 0.25) is 0 Å². The molecule has 1 heterocycles. The van der Waals surface area contributed by atoms with Crippen LogP contribution in [0.3, 0.4) is 0 Å². The summed E-state index contributed by atoms with van der Waals surface area (Å²) in [4.78, 5) is 24.0. The van der Waals surface area contributed by atoms with Gasteiger partial charge in [-0.1, -0.05) is 12.1 Å². The van der Waals surface area contributed by atoms with E-state index in [4.69, 9.17) is 4.74 Å². The van der Waals surface area contributed by atoms with Crippen molar-refractivity contribution in [2.75, 3.05) is 14.2 Å². The highest BCUT2D eigenvalue weighted by Crippen LogP contribution is 2.32. The second kappa shape index (κ2) is 6.12. The van der Waals surface area contributed by atoms with Gasteiger partial charge in [-0.2, -0.15) is 0 Å². The SMILES string of the molecule is COC(=O)C1=C(C)N(C)[C@H](O)N[C@H]1c1cccc([N+](=O)[O-])c1. The molecule has 1 aliphatic heterocycles. The maximum Gasteiger partial charge on any atom is 0.337 e. The summed E-state index contributed by atoms with van der Waals surface area (Å²) < 4.78 is 4.79. The third-order valence-electron chi connectivity index (χ3n) is 3.71. The van der Waals surface area contributed by atoms with Crippen molar-refractivity contribution in [2.24, 2.45) is 0 Å². The van der Waals surface area contributed by atoms with Crippen LogP contribution in [-0.4, -0.2) is 41.4 Å². The van der Waals surface area contributed by atoms with Gasteiger partial charge in [0.05, 0.1) is 23.6 Å². The molecule has 118 valence electrons. The lowest BCUT2D eigenvalue weighted by Crippen LogP contribution is -2.50. The third kappa shape index (κ3) is 2.78. The first-order valence-corrected chi connectivity index (χ1v) is 6.57. The van der Waals surface area contributed by atoms with Gasteiger partial charge in [0.15, 0.2) is 6.35 Å². The average molecular weight is 307 g/mol. The van der Waals surface area contributed by atoms with Crippen LogP contribution in [-0.2, 0) is 9.53 Å². The largest absolute Gasteiger partial charge is 0.466 e. The van der Waals surface area contributed by atoms with Crippen LogP contribution in [0.1, 0.15) is 18.5 Å². The molecule has 2 atom stereocenters. The number of nitro groups is 1. The summed E-state index contributed by atoms with van der Waals surface area (Å²) in [5.74, 6) is -0.555. The van der Waals surface area contributed by atoms with E-state index in [0.717, 1.165) is 0 Å². The van der Waals surface area contributed by atoms with Gasteiger partial charge in [-0.05, 0) is 12.5 Å². The zero-order chi connectivity index (χ0) is 16.4. The number of nitro benzene ring substituents is 1. The summed E-state index contributed by atoms with van der Waals surface area (Å²) in [6.07, 6.45) is -1.02. The first-order chi connectivity index (χ1) is 10.4. The van der Waals surface area contributed by atoms with Crippen LogP contribution in [0, 0.1) is 10.1 Å². The molecule has 1 aromatic carbocycles. The van der Waals surface area contributed by atoms with Crippen molar-refractivity contribution in [3.63, 3.8) is 0 Å². The average Bonchev–Trinajstić information content (AvgIpc) is 2.51. The Kier molecular flexibility index (Phi) is 4.43. The van der Waals surface area contributed by atoms with E-state index >= 15 is 0 Å². The fourth-order valence-electron chi connectivity index (χ4n) is 2.38. The molecule has 1 aromatic rings. The highest BCUT2D eigenvalue weighted by Gasteiger charge is 2.35. The van der Waals surface area contributed by atoms with E-state index in [2.05, 4.69) is 5.32 Å². The van der Waals surface area contributed by atoms with E-state index in [1.54, 1.807) is 20.0 Å². The monoisotopic (exact) mass is 307 g/mol. The maximum atomic E-state index is 12.1. The molecular formula is C14H17N3O5. The van der Waals surface area contributed by atoms with Crippen molar-refractivity contribution in [1.82, 2.24) is 10.2 Å². The number of ether oxygens (including phenoxy) is 1. The minimum Gasteiger partial charge on any atom is -0.466 e. The van der Waals surface area contributed by atoms with Gasteiger partial charge in [-0.15, -0.1) is 0 Å². The Morgan fingerprint density at radius 3 is 2.77 bits per heavy atom. The van der Waals surface area contributed by atoms with E-state index in [-0.39, 0.29) is 5.69 Å². The van der Waals surface area contributed by atoms with Crippen LogP contribution in [0.15, 0.2) is 35.5 Å². The fourth-order valence-corrected chi connectivity index (χ4v) is 2.38. The Balaban J connectivity index is 2.54. The van der Waals surface area contributed by atoms with Gasteiger partial charge < -0.3 is 14.7 Å². The molecule has 2 rings (SSSR count). The van der Waals surface area contributed by atoms with E-state index in [1.165, 1.54) is 30.2 Å². The lowest BCUT2D eigenvalue weighted by molar-refractivity contribution is -0.384. The summed E-state index contributed by atoms with van der Waals surface area (Å²) in [6.45, 7) is 1.68. The highest BCUT2D eigenvalue weighted by atomic mass is 16.6. The number of benzene rings is 1. The van der Waals surface area contributed by atoms with Crippen molar-refractivity contribution in [3.8, 4) is 0 Å². The van der Waals surface area contributed by atoms with Gasteiger partial charge in [0.25, 0.3) is 5.69 Å². The number of carbonyl (C=O) groups excluding carboxylic acids is 1. The fraction of sp³-hybridized carbons (Fsp3) is 0.357. The Morgan fingerprint density at radius 1 is 1.50 bits per heavy atom. The van der Waals surface area contributed by atoms with Gasteiger partial charge in [-0.3, -0.25) is 15.4 Å². The molecule has 22 heavy (non-hydrogen) atoms. The molecule has 0 saturated heterocycles. The number of nitrogens with one attached hydrogen (secondary N) is 1. The van der Waals surface area contributed by atoms with Crippen molar-refractivity contribution < 1.29 is 19.6 Å². The number of methoxy groups -OCH3 is 1. The van der Waals surface area contributed by atoms with Crippen molar-refractivity contribution >= 4 is 11.7 Å². The number of esters is 1. The van der Waals surface area contributed by atoms with Crippen molar-refractivity contribution in [2.45, 2.75) is 19.3 Å². The minimum absolute atomic E-state index is 0.0883. The van der Waals surface area contributed by atoms with Gasteiger partial charge in [0.1, 0.15) is 0 Å². The molecule has 0 spiro atoms. The number of hydrogen-bond donors (Lipinski definition) is 2. The molecular weight excluding hydrogens is 290 g/mol. The number of allylic oxidation sites excluding steroid dienone is 1. The van der Waals surface area contributed by atoms with Crippen LogP contribution in [0.4, 0.5) is 5.69 Å². The lowest BCUT2D eigenvalue weighted by Gasteiger charge is -2.38. The number of non-ortho nitro benzene ring substituents is 1. The number of aliphatic hydroxyl groups excluding tert-OH is 1. The Morgan fingerprint density at radius 2 is 2.18 bits per heavy atom. The summed E-state index contributed by atoms with van der Waals surface area (Å²) in [6, 6.07) is 5.22. The normalized spacial score (nSPS) is 21.7. The zero-order valence-corrected chi connectivity index (χ0v) is 12.4. The second-order valence-corrected chi connectivity index (χ2v) is 4.93. The van der Waals surface area contributed by atoms with Crippen LogP contribution in [0.2, 0.25) is 0 Å². The van der Waals surface area contributed by atoms with Crippen molar-refractivity contribution in [3.05, 3.63) is 51.2 Å². The highest BCUT2D eigenvalue weighted by molar-refractivity contribution is 5.91. The molecule has 0 unspecified atom stereocenters. The number of carbonyl (C=O) groups is 1. The molecule has 0 bridgehead atoms. The number of aliphatic hydroxyl groups is 1. The van der Waals surface area contributed by atoms with Crippen LogP contribution < -0.4 is 5.32 Å². The van der Waals surface area contributed by atoms with Gasteiger partial charge in [0, 0.05) is 24.9 Å². The number of nitrogens with zero attached hydrogens (tertiary/aromatic N) is 2. The molecule has 8 nitrogen and oxygen atoms in total. The maximum absolute atomic E-state index is 12.1. The quantitative estimate of drug-likeness (QED) is 0.485. The molecule has 1 aliphatic rings. The van der Waals surface area contributed by atoms with Crippen molar-refractivity contribution in [1.29, 1.82) is 0 Å². The zero-order valence-electron chi connectivity index (χ0n) is 12.4. The molecule has 0 aromatic heterocycles. The van der Waals surface area contributed by atoms with Gasteiger partial charge in [-0.25, -0.2) is 4.79 Å². The van der Waals surface area contributed by atoms with Crippen LogP contribution in [0.5, 0.6) is 0 Å². The smallest absolute Gasteiger partial charge is 0.337 e. The molecule has 2 N–H and O–H groups in total. The topological polar surface area (TPSA) is 105 Å². The first kappa shape index (κ1) is 15.9. The molecule has 0 radical (unpaired) electrons. The lowest BCUT2D eigenvalue weighted by atomic mass is 9.94. The van der Waals surface area contributed by atoms with Gasteiger partial charge >= 0.3 is 5.97 Å². The molecule has 0 saturated carbocycles. The number of rotatable bonds is 3. The summed E-state index contributed by atoms with van der Waals surface area (Å²) in [7, 11) is 2.89. The summed E-state index contributed by atoms with van der Waals surface area (Å²) in [5, 5.41) is 23.8.